The lowest BCUT2D eigenvalue weighted by Gasteiger charge is -2.27. The van der Waals surface area contributed by atoms with Crippen molar-refractivity contribution in [1.82, 2.24) is 14.4 Å². The summed E-state index contributed by atoms with van der Waals surface area (Å²) in [4.78, 5) is 21.0. The fraction of sp³-hybridized carbons (Fsp3) is 0.261. The first-order valence-electron chi connectivity index (χ1n) is 9.82. The van der Waals surface area contributed by atoms with Crippen LogP contribution in [0.15, 0.2) is 54.0 Å². The van der Waals surface area contributed by atoms with E-state index in [4.69, 9.17) is 4.98 Å². The quantitative estimate of drug-likeness (QED) is 0.500. The zero-order valence-corrected chi connectivity index (χ0v) is 16.9. The lowest BCUT2D eigenvalue weighted by Crippen LogP contribution is -2.23. The van der Waals surface area contributed by atoms with Crippen LogP contribution in [0.1, 0.15) is 52.3 Å². The molecule has 0 bridgehead atoms. The molecule has 0 saturated heterocycles. The van der Waals surface area contributed by atoms with Gasteiger partial charge in [0.25, 0.3) is 0 Å². The van der Waals surface area contributed by atoms with E-state index in [9.17, 15) is 9.90 Å². The summed E-state index contributed by atoms with van der Waals surface area (Å²) < 4.78 is 2.09. The van der Waals surface area contributed by atoms with Crippen LogP contribution in [-0.4, -0.2) is 25.4 Å². The maximum absolute atomic E-state index is 11.2. The molecule has 1 saturated carbocycles. The van der Waals surface area contributed by atoms with Gasteiger partial charge in [0.15, 0.2) is 0 Å². The summed E-state index contributed by atoms with van der Waals surface area (Å²) in [7, 11) is 0. The van der Waals surface area contributed by atoms with Crippen LogP contribution in [0.25, 0.3) is 17.0 Å². The smallest absolute Gasteiger partial charge is 0.335 e. The van der Waals surface area contributed by atoms with Crippen molar-refractivity contribution in [1.29, 1.82) is 0 Å². The number of aromatic carboxylic acids is 1. The van der Waals surface area contributed by atoms with E-state index in [0.717, 1.165) is 59.0 Å². The van der Waals surface area contributed by atoms with Crippen molar-refractivity contribution in [2.75, 3.05) is 0 Å². The van der Waals surface area contributed by atoms with Crippen molar-refractivity contribution in [2.45, 2.75) is 38.0 Å². The highest BCUT2D eigenvalue weighted by Gasteiger charge is 2.40. The highest BCUT2D eigenvalue weighted by Crippen LogP contribution is 2.48. The second kappa shape index (κ2) is 6.81. The van der Waals surface area contributed by atoms with Gasteiger partial charge in [-0.2, -0.15) is 0 Å². The van der Waals surface area contributed by atoms with Crippen LogP contribution >= 0.6 is 11.3 Å². The molecule has 0 amide bonds. The van der Waals surface area contributed by atoms with Gasteiger partial charge in [0.1, 0.15) is 16.3 Å². The number of carboxylic acid groups (broad SMARTS) is 1. The van der Waals surface area contributed by atoms with Crippen LogP contribution in [0, 0.1) is 6.92 Å². The molecular weight excluding hydrogens is 382 g/mol. The number of pyridine rings is 1. The molecule has 1 aromatic carbocycles. The van der Waals surface area contributed by atoms with Gasteiger partial charge in [0.05, 0.1) is 17.0 Å². The maximum Gasteiger partial charge on any atom is 0.335 e. The van der Waals surface area contributed by atoms with Crippen molar-refractivity contribution < 1.29 is 9.90 Å². The van der Waals surface area contributed by atoms with E-state index in [1.165, 1.54) is 0 Å². The summed E-state index contributed by atoms with van der Waals surface area (Å²) in [5.41, 5.74) is 5.24. The van der Waals surface area contributed by atoms with Crippen LogP contribution < -0.4 is 0 Å². The molecule has 5 nitrogen and oxygen atoms in total. The molecule has 6 heteroatoms. The SMILES string of the molecule is Cc1nc2ccccn2c1-c1csc(C2(c3ccc(C(=O)O)cc3)CCCC2)n1. The number of hydrogen-bond acceptors (Lipinski definition) is 4. The van der Waals surface area contributed by atoms with Crippen molar-refractivity contribution in [3.05, 3.63) is 75.9 Å². The third kappa shape index (κ3) is 2.86. The molecule has 4 aromatic rings. The predicted octanol–water partition coefficient (Wildman–Crippen LogP) is 5.32. The second-order valence-corrected chi connectivity index (χ2v) is 8.54. The largest absolute Gasteiger partial charge is 0.478 e. The number of fused-ring (bicyclic) bond motifs is 1. The first-order chi connectivity index (χ1) is 14.1. The summed E-state index contributed by atoms with van der Waals surface area (Å²) in [5, 5.41) is 12.5. The number of aromatic nitrogens is 3. The van der Waals surface area contributed by atoms with Gasteiger partial charge in [-0.15, -0.1) is 11.3 Å². The number of nitrogens with zero attached hydrogens (tertiary/aromatic N) is 3. The van der Waals surface area contributed by atoms with E-state index in [2.05, 4.69) is 14.8 Å². The lowest BCUT2D eigenvalue weighted by molar-refractivity contribution is 0.0697. The standard InChI is InChI=1S/C23H21N3O2S/c1-15-20(26-13-5-2-6-19(26)24-15)18-14-29-22(25-18)23(11-3-4-12-23)17-9-7-16(8-10-17)21(27)28/h2,5-10,13-14H,3-4,11-12H2,1H3,(H,27,28). The Morgan fingerprint density at radius 3 is 2.59 bits per heavy atom. The Labute approximate surface area is 172 Å². The molecule has 0 unspecified atom stereocenters. The monoisotopic (exact) mass is 403 g/mol. The van der Waals surface area contributed by atoms with E-state index >= 15 is 0 Å². The normalized spacial score (nSPS) is 15.8. The number of carbonyl (C=O) groups is 1. The molecule has 0 aliphatic heterocycles. The minimum Gasteiger partial charge on any atom is -0.478 e. The lowest BCUT2D eigenvalue weighted by atomic mass is 9.79. The fourth-order valence-electron chi connectivity index (χ4n) is 4.56. The van der Waals surface area contributed by atoms with E-state index in [-0.39, 0.29) is 5.41 Å². The first-order valence-corrected chi connectivity index (χ1v) is 10.7. The zero-order chi connectivity index (χ0) is 20.0. The van der Waals surface area contributed by atoms with Gasteiger partial charge in [-0.25, -0.2) is 14.8 Å². The number of imidazole rings is 1. The average molecular weight is 404 g/mol. The molecule has 1 aliphatic carbocycles. The Balaban J connectivity index is 1.60. The van der Waals surface area contributed by atoms with Crippen LogP contribution in [0.5, 0.6) is 0 Å². The Kier molecular flexibility index (Phi) is 4.24. The molecule has 5 rings (SSSR count). The first kappa shape index (κ1) is 18.1. The number of aryl methyl sites for hydroxylation is 1. The summed E-state index contributed by atoms with van der Waals surface area (Å²) in [6, 6.07) is 13.4. The maximum atomic E-state index is 11.2. The molecule has 3 heterocycles. The van der Waals surface area contributed by atoms with Crippen molar-refractivity contribution in [2.24, 2.45) is 0 Å². The molecule has 146 valence electrons. The summed E-state index contributed by atoms with van der Waals surface area (Å²) in [5.74, 6) is -0.892. The fourth-order valence-corrected chi connectivity index (χ4v) is 5.65. The van der Waals surface area contributed by atoms with Gasteiger partial charge < -0.3 is 5.11 Å². The molecule has 0 spiro atoms. The van der Waals surface area contributed by atoms with E-state index < -0.39 is 5.97 Å². The molecule has 1 N–H and O–H groups in total. The topological polar surface area (TPSA) is 67.5 Å². The number of rotatable bonds is 4. The van der Waals surface area contributed by atoms with Gasteiger partial charge in [0, 0.05) is 17.0 Å². The molecule has 29 heavy (non-hydrogen) atoms. The average Bonchev–Trinajstić information content (AvgIpc) is 3.46. The van der Waals surface area contributed by atoms with Crippen molar-refractivity contribution >= 4 is 23.0 Å². The number of benzene rings is 1. The Morgan fingerprint density at radius 1 is 1.10 bits per heavy atom. The van der Waals surface area contributed by atoms with Crippen LogP contribution in [-0.2, 0) is 5.41 Å². The summed E-state index contributed by atoms with van der Waals surface area (Å²) in [6.07, 6.45) is 6.42. The second-order valence-electron chi connectivity index (χ2n) is 7.68. The zero-order valence-electron chi connectivity index (χ0n) is 16.1. The van der Waals surface area contributed by atoms with Crippen LogP contribution in [0.3, 0.4) is 0 Å². The third-order valence-corrected chi connectivity index (χ3v) is 7.05. The Morgan fingerprint density at radius 2 is 1.86 bits per heavy atom. The number of thiazole rings is 1. The summed E-state index contributed by atoms with van der Waals surface area (Å²) >= 11 is 1.70. The van der Waals surface area contributed by atoms with Gasteiger partial charge in [-0.05, 0) is 49.6 Å². The highest BCUT2D eigenvalue weighted by molar-refractivity contribution is 7.10. The number of hydrogen-bond donors (Lipinski definition) is 1. The summed E-state index contributed by atoms with van der Waals surface area (Å²) in [6.45, 7) is 2.03. The molecule has 3 aromatic heterocycles. The third-order valence-electron chi connectivity index (χ3n) is 6.00. The van der Waals surface area contributed by atoms with E-state index in [1.54, 1.807) is 23.5 Å². The molecule has 1 fully saturated rings. The number of carboxylic acids is 1. The van der Waals surface area contributed by atoms with Gasteiger partial charge in [0.2, 0.25) is 0 Å². The Bertz CT molecular complexity index is 1200. The van der Waals surface area contributed by atoms with Crippen LogP contribution in [0.2, 0.25) is 0 Å². The molecule has 1 aliphatic rings. The molecule has 0 radical (unpaired) electrons. The highest BCUT2D eigenvalue weighted by atomic mass is 32.1. The van der Waals surface area contributed by atoms with Gasteiger partial charge in [-0.3, -0.25) is 4.40 Å². The van der Waals surface area contributed by atoms with Crippen molar-refractivity contribution in [3.8, 4) is 11.4 Å². The predicted molar refractivity (Wildman–Crippen MR) is 114 cm³/mol. The van der Waals surface area contributed by atoms with Gasteiger partial charge >= 0.3 is 5.97 Å². The van der Waals surface area contributed by atoms with E-state index in [1.807, 2.05) is 43.5 Å². The van der Waals surface area contributed by atoms with Crippen molar-refractivity contribution in [3.63, 3.8) is 0 Å². The van der Waals surface area contributed by atoms with E-state index in [0.29, 0.717) is 5.56 Å². The van der Waals surface area contributed by atoms with Gasteiger partial charge in [-0.1, -0.05) is 31.0 Å². The van der Waals surface area contributed by atoms with Crippen LogP contribution in [0.4, 0.5) is 0 Å². The Hall–Kier alpha value is -2.99. The molecular formula is C23H21N3O2S. The minimum absolute atomic E-state index is 0.131. The molecule has 0 atom stereocenters. The minimum atomic E-state index is -0.892.